The zero-order chi connectivity index (χ0) is 14.4. The zero-order valence-corrected chi connectivity index (χ0v) is 13.0. The average Bonchev–Trinajstić information content (AvgIpc) is 2.45. The number of nitrogens with one attached hydrogen (secondary N) is 2. The van der Waals surface area contributed by atoms with Crippen LogP contribution in [-0.2, 0) is 10.0 Å². The van der Waals surface area contributed by atoms with E-state index in [2.05, 4.69) is 4.72 Å². The summed E-state index contributed by atoms with van der Waals surface area (Å²) in [6, 6.07) is 6.97. The van der Waals surface area contributed by atoms with Crippen molar-refractivity contribution in [3.8, 4) is 0 Å². The van der Waals surface area contributed by atoms with Crippen LogP contribution in [0.25, 0.3) is 0 Å². The van der Waals surface area contributed by atoms with Crippen molar-refractivity contribution in [2.75, 3.05) is 26.2 Å². The Morgan fingerprint density at radius 2 is 1.75 bits per heavy atom. The molecule has 1 aromatic rings. The van der Waals surface area contributed by atoms with E-state index in [0.29, 0.717) is 11.4 Å². The van der Waals surface area contributed by atoms with Gasteiger partial charge in [-0.25, -0.2) is 13.1 Å². The van der Waals surface area contributed by atoms with E-state index in [1.54, 1.807) is 17.0 Å². The summed E-state index contributed by atoms with van der Waals surface area (Å²) < 4.78 is 26.8. The van der Waals surface area contributed by atoms with Gasteiger partial charge in [0.25, 0.3) is 0 Å². The van der Waals surface area contributed by atoms with Crippen molar-refractivity contribution >= 4 is 10.0 Å². The fourth-order valence-corrected chi connectivity index (χ4v) is 3.72. The number of quaternary nitrogens is 1. The van der Waals surface area contributed by atoms with E-state index in [0.717, 1.165) is 18.5 Å². The highest BCUT2D eigenvalue weighted by Crippen LogP contribution is 2.09. The number of hydrogen-bond acceptors (Lipinski definition) is 2. The predicted octanol–water partition coefficient (Wildman–Crippen LogP) is 0.732. The van der Waals surface area contributed by atoms with E-state index in [1.165, 1.54) is 32.4 Å². The number of rotatable bonds is 6. The van der Waals surface area contributed by atoms with E-state index >= 15 is 0 Å². The molecule has 1 aliphatic rings. The van der Waals surface area contributed by atoms with Crippen molar-refractivity contribution in [1.82, 2.24) is 4.72 Å². The standard InChI is InChI=1S/C15H24N2O2S/c1-14-6-8-15(9-7-14)20(18,19)16-10-5-13-17-11-3-2-4-12-17/h6-9,16H,2-5,10-13H2,1H3/p+1. The summed E-state index contributed by atoms with van der Waals surface area (Å²) in [6.45, 7) is 6.02. The normalized spacial score (nSPS) is 17.2. The number of aryl methyl sites for hydroxylation is 1. The summed E-state index contributed by atoms with van der Waals surface area (Å²) in [5, 5.41) is 0. The molecule has 112 valence electrons. The van der Waals surface area contributed by atoms with Crippen molar-refractivity contribution in [1.29, 1.82) is 0 Å². The zero-order valence-electron chi connectivity index (χ0n) is 12.2. The van der Waals surface area contributed by atoms with Crippen molar-refractivity contribution in [2.24, 2.45) is 0 Å². The number of sulfonamides is 1. The Balaban J connectivity index is 1.76. The Kier molecular flexibility index (Phi) is 5.57. The molecule has 0 aromatic heterocycles. The van der Waals surface area contributed by atoms with Gasteiger partial charge in [-0.3, -0.25) is 0 Å². The molecule has 0 bridgehead atoms. The Bertz CT molecular complexity index is 505. The van der Waals surface area contributed by atoms with E-state index in [9.17, 15) is 8.42 Å². The molecule has 5 heteroatoms. The lowest BCUT2D eigenvalue weighted by Gasteiger charge is -2.23. The highest BCUT2D eigenvalue weighted by molar-refractivity contribution is 7.89. The van der Waals surface area contributed by atoms with E-state index in [4.69, 9.17) is 0 Å². The minimum atomic E-state index is -3.34. The minimum absolute atomic E-state index is 0.355. The van der Waals surface area contributed by atoms with Gasteiger partial charge in [-0.1, -0.05) is 17.7 Å². The van der Waals surface area contributed by atoms with Crippen molar-refractivity contribution in [2.45, 2.75) is 37.5 Å². The second kappa shape index (κ2) is 7.20. The van der Waals surface area contributed by atoms with Crippen LogP contribution in [0.2, 0.25) is 0 Å². The summed E-state index contributed by atoms with van der Waals surface area (Å²) in [4.78, 5) is 1.97. The summed E-state index contributed by atoms with van der Waals surface area (Å²) >= 11 is 0. The Morgan fingerprint density at radius 1 is 1.10 bits per heavy atom. The highest BCUT2D eigenvalue weighted by Gasteiger charge is 2.15. The second-order valence-electron chi connectivity index (χ2n) is 5.63. The molecule has 1 saturated heterocycles. The predicted molar refractivity (Wildman–Crippen MR) is 80.4 cm³/mol. The van der Waals surface area contributed by atoms with E-state index in [1.807, 2.05) is 19.1 Å². The molecule has 0 aliphatic carbocycles. The first-order chi connectivity index (χ1) is 9.58. The van der Waals surface area contributed by atoms with Gasteiger partial charge in [0.2, 0.25) is 10.0 Å². The first-order valence-electron chi connectivity index (χ1n) is 7.48. The van der Waals surface area contributed by atoms with Gasteiger partial charge >= 0.3 is 0 Å². The smallest absolute Gasteiger partial charge is 0.240 e. The van der Waals surface area contributed by atoms with E-state index in [-0.39, 0.29) is 0 Å². The maximum atomic E-state index is 12.1. The molecule has 2 rings (SSSR count). The quantitative estimate of drug-likeness (QED) is 0.761. The molecule has 1 heterocycles. The topological polar surface area (TPSA) is 50.6 Å². The maximum Gasteiger partial charge on any atom is 0.240 e. The molecule has 1 aromatic carbocycles. The molecule has 0 atom stereocenters. The summed E-state index contributed by atoms with van der Waals surface area (Å²) in [5.41, 5.74) is 1.07. The lowest BCUT2D eigenvalue weighted by molar-refractivity contribution is -0.904. The molecule has 0 unspecified atom stereocenters. The largest absolute Gasteiger partial charge is 0.335 e. The number of piperidine rings is 1. The van der Waals surface area contributed by atoms with Gasteiger partial charge in [-0.15, -0.1) is 0 Å². The molecule has 4 nitrogen and oxygen atoms in total. The van der Waals surface area contributed by atoms with Crippen molar-refractivity contribution in [3.05, 3.63) is 29.8 Å². The average molecular weight is 297 g/mol. The number of benzene rings is 1. The molecule has 20 heavy (non-hydrogen) atoms. The summed E-state index contributed by atoms with van der Waals surface area (Å²) in [6.07, 6.45) is 4.87. The Hall–Kier alpha value is -0.910. The van der Waals surface area contributed by atoms with Gasteiger partial charge in [0.05, 0.1) is 24.5 Å². The lowest BCUT2D eigenvalue weighted by atomic mass is 10.1. The third-order valence-electron chi connectivity index (χ3n) is 3.89. The minimum Gasteiger partial charge on any atom is -0.335 e. The lowest BCUT2D eigenvalue weighted by Crippen LogP contribution is -3.12. The first kappa shape index (κ1) is 15.5. The molecule has 1 fully saturated rings. The van der Waals surface area contributed by atoms with Crippen LogP contribution >= 0.6 is 0 Å². The van der Waals surface area contributed by atoms with Crippen LogP contribution in [0.5, 0.6) is 0 Å². The number of hydrogen-bond donors (Lipinski definition) is 2. The Morgan fingerprint density at radius 3 is 2.40 bits per heavy atom. The van der Waals surface area contributed by atoms with Crippen LogP contribution in [0.3, 0.4) is 0 Å². The molecule has 0 saturated carbocycles. The van der Waals surface area contributed by atoms with Crippen LogP contribution < -0.4 is 9.62 Å². The molecular formula is C15H25N2O2S+. The van der Waals surface area contributed by atoms with Crippen LogP contribution in [0, 0.1) is 6.92 Å². The van der Waals surface area contributed by atoms with Gasteiger partial charge < -0.3 is 4.90 Å². The van der Waals surface area contributed by atoms with Crippen LogP contribution in [0.4, 0.5) is 0 Å². The number of likely N-dealkylation sites (tertiary alicyclic amines) is 1. The fraction of sp³-hybridized carbons (Fsp3) is 0.600. The van der Waals surface area contributed by atoms with Crippen molar-refractivity contribution in [3.63, 3.8) is 0 Å². The monoisotopic (exact) mass is 297 g/mol. The van der Waals surface area contributed by atoms with Crippen LogP contribution in [0.15, 0.2) is 29.2 Å². The molecule has 0 spiro atoms. The van der Waals surface area contributed by atoms with Crippen LogP contribution in [-0.4, -0.2) is 34.6 Å². The summed E-state index contributed by atoms with van der Waals surface area (Å²) in [5.74, 6) is 0. The Labute approximate surface area is 122 Å². The second-order valence-corrected chi connectivity index (χ2v) is 7.39. The molecule has 2 N–H and O–H groups in total. The van der Waals surface area contributed by atoms with Gasteiger partial charge in [0.15, 0.2) is 0 Å². The van der Waals surface area contributed by atoms with Gasteiger partial charge in [0, 0.05) is 13.0 Å². The summed E-state index contributed by atoms with van der Waals surface area (Å²) in [7, 11) is -3.34. The third kappa shape index (κ3) is 4.58. The van der Waals surface area contributed by atoms with E-state index < -0.39 is 10.0 Å². The molecule has 1 aliphatic heterocycles. The SMILES string of the molecule is Cc1ccc(S(=O)(=O)NCCC[NH+]2CCCCC2)cc1. The third-order valence-corrected chi connectivity index (χ3v) is 5.37. The van der Waals surface area contributed by atoms with Gasteiger partial charge in [-0.2, -0.15) is 0 Å². The van der Waals surface area contributed by atoms with Crippen molar-refractivity contribution < 1.29 is 13.3 Å². The highest BCUT2D eigenvalue weighted by atomic mass is 32.2. The van der Waals surface area contributed by atoms with Crippen LogP contribution in [0.1, 0.15) is 31.2 Å². The van der Waals surface area contributed by atoms with Gasteiger partial charge in [-0.05, 0) is 38.3 Å². The van der Waals surface area contributed by atoms with Gasteiger partial charge in [0.1, 0.15) is 0 Å². The molecule has 0 amide bonds. The maximum absolute atomic E-state index is 12.1. The molecular weight excluding hydrogens is 272 g/mol. The molecule has 0 radical (unpaired) electrons. The first-order valence-corrected chi connectivity index (χ1v) is 8.96. The fourth-order valence-electron chi connectivity index (χ4n) is 2.65.